The van der Waals surface area contributed by atoms with Crippen LogP contribution in [0.4, 0.5) is 10.6 Å². The van der Waals surface area contributed by atoms with Crippen molar-refractivity contribution in [3.05, 3.63) is 59.8 Å². The van der Waals surface area contributed by atoms with E-state index in [1.165, 1.54) is 5.56 Å². The van der Waals surface area contributed by atoms with Crippen molar-refractivity contribution in [1.82, 2.24) is 14.8 Å². The zero-order valence-electron chi connectivity index (χ0n) is 16.4. The maximum Gasteiger partial charge on any atom is 0.409 e. The zero-order chi connectivity index (χ0) is 19.9. The number of carbonyl (C=O) groups is 2. The van der Waals surface area contributed by atoms with E-state index in [9.17, 15) is 9.59 Å². The number of rotatable bonds is 5. The normalized spacial score (nSPS) is 13.9. The fraction of sp³-hybridized carbons (Fsp3) is 0.381. The second-order valence-electron chi connectivity index (χ2n) is 6.72. The van der Waals surface area contributed by atoms with E-state index >= 15 is 0 Å². The van der Waals surface area contributed by atoms with Crippen LogP contribution in [0.5, 0.6) is 0 Å². The molecule has 1 aliphatic heterocycles. The van der Waals surface area contributed by atoms with E-state index in [4.69, 9.17) is 4.74 Å². The molecule has 2 aromatic rings. The number of anilines is 1. The molecule has 0 atom stereocenters. The molecule has 0 bridgehead atoms. The summed E-state index contributed by atoms with van der Waals surface area (Å²) in [4.78, 5) is 34.4. The van der Waals surface area contributed by atoms with Gasteiger partial charge in [-0.05, 0) is 24.6 Å². The SMILES string of the molecule is CCOC(=O)N1CCN(C(=O)c2ccc(N(C)Cc3ccccc3)nc2)CC1. The Hall–Kier alpha value is -3.09. The summed E-state index contributed by atoms with van der Waals surface area (Å²) in [6, 6.07) is 13.8. The Balaban J connectivity index is 1.56. The number of nitrogens with zero attached hydrogens (tertiary/aromatic N) is 4. The van der Waals surface area contributed by atoms with E-state index in [0.717, 1.165) is 12.4 Å². The molecule has 1 aromatic heterocycles. The van der Waals surface area contributed by atoms with Gasteiger partial charge in [-0.25, -0.2) is 9.78 Å². The van der Waals surface area contributed by atoms with E-state index < -0.39 is 0 Å². The Kier molecular flexibility index (Phi) is 6.47. The summed E-state index contributed by atoms with van der Waals surface area (Å²) >= 11 is 0. The molecule has 0 saturated carbocycles. The molecule has 0 radical (unpaired) electrons. The van der Waals surface area contributed by atoms with Crippen LogP contribution in [-0.2, 0) is 11.3 Å². The highest BCUT2D eigenvalue weighted by Gasteiger charge is 2.25. The summed E-state index contributed by atoms with van der Waals surface area (Å²) in [6.07, 6.45) is 1.30. The van der Waals surface area contributed by atoms with Gasteiger partial charge in [-0.3, -0.25) is 4.79 Å². The lowest BCUT2D eigenvalue weighted by Gasteiger charge is -2.34. The minimum absolute atomic E-state index is 0.0618. The van der Waals surface area contributed by atoms with Gasteiger partial charge in [0.2, 0.25) is 0 Å². The topological polar surface area (TPSA) is 66.0 Å². The lowest BCUT2D eigenvalue weighted by molar-refractivity contribution is 0.0570. The summed E-state index contributed by atoms with van der Waals surface area (Å²) in [5, 5.41) is 0. The smallest absolute Gasteiger partial charge is 0.409 e. The average Bonchev–Trinajstić information content (AvgIpc) is 2.74. The summed E-state index contributed by atoms with van der Waals surface area (Å²) in [5.74, 6) is 0.751. The van der Waals surface area contributed by atoms with Gasteiger partial charge >= 0.3 is 6.09 Å². The van der Waals surface area contributed by atoms with Gasteiger partial charge in [0.05, 0.1) is 12.2 Å². The first-order chi connectivity index (χ1) is 13.6. The number of benzene rings is 1. The minimum Gasteiger partial charge on any atom is -0.450 e. The highest BCUT2D eigenvalue weighted by Crippen LogP contribution is 2.15. The second kappa shape index (κ2) is 9.21. The van der Waals surface area contributed by atoms with Crippen LogP contribution in [0.2, 0.25) is 0 Å². The highest BCUT2D eigenvalue weighted by atomic mass is 16.6. The van der Waals surface area contributed by atoms with Gasteiger partial charge in [0.15, 0.2) is 0 Å². The number of piperazine rings is 1. The van der Waals surface area contributed by atoms with Gasteiger partial charge in [0.25, 0.3) is 5.91 Å². The van der Waals surface area contributed by atoms with Crippen LogP contribution in [0.1, 0.15) is 22.8 Å². The molecule has 0 unspecified atom stereocenters. The van der Waals surface area contributed by atoms with Gasteiger partial charge in [-0.1, -0.05) is 30.3 Å². The van der Waals surface area contributed by atoms with E-state index in [0.29, 0.717) is 38.3 Å². The van der Waals surface area contributed by atoms with Crippen LogP contribution in [-0.4, -0.2) is 66.6 Å². The van der Waals surface area contributed by atoms with Crippen molar-refractivity contribution in [3.63, 3.8) is 0 Å². The van der Waals surface area contributed by atoms with E-state index in [2.05, 4.69) is 17.1 Å². The summed E-state index contributed by atoms with van der Waals surface area (Å²) < 4.78 is 5.01. The van der Waals surface area contributed by atoms with Crippen LogP contribution in [0.3, 0.4) is 0 Å². The van der Waals surface area contributed by atoms with Gasteiger partial charge in [-0.15, -0.1) is 0 Å². The third-order valence-electron chi connectivity index (χ3n) is 4.74. The third-order valence-corrected chi connectivity index (χ3v) is 4.74. The van der Waals surface area contributed by atoms with E-state index in [1.54, 1.807) is 22.9 Å². The standard InChI is InChI=1S/C21H26N4O3/c1-3-28-21(27)25-13-11-24(12-14-25)20(26)18-9-10-19(22-15-18)23(2)16-17-7-5-4-6-8-17/h4-10,15H,3,11-14,16H2,1-2H3. The Morgan fingerprint density at radius 3 is 2.32 bits per heavy atom. The van der Waals surface area contributed by atoms with Gasteiger partial charge in [0.1, 0.15) is 5.82 Å². The number of ether oxygens (including phenoxy) is 1. The number of pyridine rings is 1. The van der Waals surface area contributed by atoms with Gasteiger partial charge < -0.3 is 19.4 Å². The van der Waals surface area contributed by atoms with Crippen LogP contribution in [0.25, 0.3) is 0 Å². The lowest BCUT2D eigenvalue weighted by Crippen LogP contribution is -2.50. The molecular formula is C21H26N4O3. The first-order valence-electron chi connectivity index (χ1n) is 9.50. The van der Waals surface area contributed by atoms with Gasteiger partial charge in [-0.2, -0.15) is 0 Å². The van der Waals surface area contributed by atoms with Crippen molar-refractivity contribution in [2.75, 3.05) is 44.7 Å². The Labute approximate surface area is 165 Å². The van der Waals surface area contributed by atoms with Crippen molar-refractivity contribution in [3.8, 4) is 0 Å². The molecule has 1 aliphatic rings. The predicted octanol–water partition coefficient (Wildman–Crippen LogP) is 2.63. The third kappa shape index (κ3) is 4.79. The van der Waals surface area contributed by atoms with Crippen LogP contribution < -0.4 is 4.90 Å². The molecule has 28 heavy (non-hydrogen) atoms. The number of amides is 2. The van der Waals surface area contributed by atoms with Crippen molar-refractivity contribution in [2.24, 2.45) is 0 Å². The molecule has 0 N–H and O–H groups in total. The number of carbonyl (C=O) groups excluding carboxylic acids is 2. The van der Waals surface area contributed by atoms with Crippen molar-refractivity contribution >= 4 is 17.8 Å². The lowest BCUT2D eigenvalue weighted by atomic mass is 10.2. The predicted molar refractivity (Wildman–Crippen MR) is 107 cm³/mol. The second-order valence-corrected chi connectivity index (χ2v) is 6.72. The molecule has 3 rings (SSSR count). The van der Waals surface area contributed by atoms with Crippen molar-refractivity contribution in [2.45, 2.75) is 13.5 Å². The first kappa shape index (κ1) is 19.7. The largest absolute Gasteiger partial charge is 0.450 e. The number of aromatic nitrogens is 1. The molecule has 1 saturated heterocycles. The number of hydrogen-bond acceptors (Lipinski definition) is 5. The highest BCUT2D eigenvalue weighted by molar-refractivity contribution is 5.94. The summed E-state index contributed by atoms with van der Waals surface area (Å²) in [7, 11) is 1.98. The maximum absolute atomic E-state index is 12.7. The van der Waals surface area contributed by atoms with Crippen LogP contribution in [0, 0.1) is 0 Å². The first-order valence-corrected chi connectivity index (χ1v) is 9.50. The van der Waals surface area contributed by atoms with Crippen LogP contribution in [0.15, 0.2) is 48.7 Å². The van der Waals surface area contributed by atoms with Crippen molar-refractivity contribution < 1.29 is 14.3 Å². The van der Waals surface area contributed by atoms with Crippen molar-refractivity contribution in [1.29, 1.82) is 0 Å². The Bertz CT molecular complexity index is 787. The fourth-order valence-corrected chi connectivity index (χ4v) is 3.17. The minimum atomic E-state index is -0.318. The molecule has 7 heteroatoms. The molecule has 1 aromatic carbocycles. The molecule has 0 spiro atoms. The van der Waals surface area contributed by atoms with E-state index in [1.807, 2.05) is 42.3 Å². The summed E-state index contributed by atoms with van der Waals surface area (Å²) in [5.41, 5.74) is 1.76. The molecular weight excluding hydrogens is 356 g/mol. The maximum atomic E-state index is 12.7. The Morgan fingerprint density at radius 2 is 1.71 bits per heavy atom. The van der Waals surface area contributed by atoms with Gasteiger partial charge in [0, 0.05) is 46.0 Å². The fourth-order valence-electron chi connectivity index (χ4n) is 3.17. The average molecular weight is 382 g/mol. The Morgan fingerprint density at radius 1 is 1.04 bits per heavy atom. The molecule has 2 amide bonds. The van der Waals surface area contributed by atoms with E-state index in [-0.39, 0.29) is 12.0 Å². The monoisotopic (exact) mass is 382 g/mol. The number of hydrogen-bond donors (Lipinski definition) is 0. The summed E-state index contributed by atoms with van der Waals surface area (Å²) in [6.45, 7) is 4.84. The molecule has 148 valence electrons. The quantitative estimate of drug-likeness (QED) is 0.795. The molecule has 0 aliphatic carbocycles. The molecule has 1 fully saturated rings. The zero-order valence-corrected chi connectivity index (χ0v) is 16.4. The molecule has 7 nitrogen and oxygen atoms in total. The van der Waals surface area contributed by atoms with Crippen LogP contribution >= 0.6 is 0 Å². The molecule has 2 heterocycles.